The van der Waals surface area contributed by atoms with E-state index in [0.29, 0.717) is 18.7 Å². The van der Waals surface area contributed by atoms with Crippen molar-refractivity contribution in [2.75, 3.05) is 33.4 Å². The van der Waals surface area contributed by atoms with E-state index in [4.69, 9.17) is 9.47 Å². The summed E-state index contributed by atoms with van der Waals surface area (Å²) in [5.41, 5.74) is 2.35. The van der Waals surface area contributed by atoms with Crippen LogP contribution in [0.15, 0.2) is 48.5 Å². The van der Waals surface area contributed by atoms with Crippen molar-refractivity contribution in [1.29, 1.82) is 0 Å². The van der Waals surface area contributed by atoms with Gasteiger partial charge in [0, 0.05) is 44.9 Å². The van der Waals surface area contributed by atoms with Crippen LogP contribution in [0.25, 0.3) is 0 Å². The average Bonchev–Trinajstić information content (AvgIpc) is 2.73. The number of aliphatic hydroxyl groups is 1. The summed E-state index contributed by atoms with van der Waals surface area (Å²) in [6.45, 7) is 9.17. The molecule has 5 heteroatoms. The van der Waals surface area contributed by atoms with Crippen LogP contribution in [-0.4, -0.2) is 60.3 Å². The second kappa shape index (κ2) is 10.6. The number of methoxy groups -OCH3 is 1. The smallest absolute Gasteiger partial charge is 0.161 e. The number of hydrogen-bond acceptors (Lipinski definition) is 5. The first-order valence-electron chi connectivity index (χ1n) is 10.5. The molecule has 3 rings (SSSR count). The average molecular weight is 399 g/mol. The van der Waals surface area contributed by atoms with Gasteiger partial charge in [0.15, 0.2) is 11.5 Å². The molecule has 1 heterocycles. The van der Waals surface area contributed by atoms with Crippen molar-refractivity contribution in [1.82, 2.24) is 9.80 Å². The van der Waals surface area contributed by atoms with Crippen LogP contribution >= 0.6 is 0 Å². The zero-order valence-corrected chi connectivity index (χ0v) is 17.9. The van der Waals surface area contributed by atoms with Crippen molar-refractivity contribution < 1.29 is 14.6 Å². The summed E-state index contributed by atoms with van der Waals surface area (Å²) in [5, 5.41) is 9.45. The molecule has 0 radical (unpaired) electrons. The van der Waals surface area contributed by atoms with E-state index in [1.54, 1.807) is 7.11 Å². The Morgan fingerprint density at radius 2 is 1.83 bits per heavy atom. The molecule has 0 spiro atoms. The predicted octanol–water partition coefficient (Wildman–Crippen LogP) is 3.55. The van der Waals surface area contributed by atoms with E-state index in [2.05, 4.69) is 47.9 Å². The first kappa shape index (κ1) is 21.6. The monoisotopic (exact) mass is 398 g/mol. The first-order valence-corrected chi connectivity index (χ1v) is 10.5. The fourth-order valence-corrected chi connectivity index (χ4v) is 4.09. The summed E-state index contributed by atoms with van der Waals surface area (Å²) in [5.74, 6) is 1.54. The van der Waals surface area contributed by atoms with Crippen molar-refractivity contribution in [3.63, 3.8) is 0 Å². The Morgan fingerprint density at radius 3 is 2.52 bits per heavy atom. The predicted molar refractivity (Wildman–Crippen MR) is 116 cm³/mol. The molecule has 2 aromatic rings. The molecule has 2 aromatic carbocycles. The van der Waals surface area contributed by atoms with Crippen molar-refractivity contribution in [3.05, 3.63) is 59.7 Å². The van der Waals surface area contributed by atoms with Crippen molar-refractivity contribution >= 4 is 0 Å². The highest BCUT2D eigenvalue weighted by molar-refractivity contribution is 5.43. The lowest BCUT2D eigenvalue weighted by Gasteiger charge is -2.43. The Hall–Kier alpha value is -2.08. The molecule has 0 bridgehead atoms. The van der Waals surface area contributed by atoms with Crippen molar-refractivity contribution in [3.8, 4) is 11.5 Å². The van der Waals surface area contributed by atoms with Gasteiger partial charge in [0.05, 0.1) is 7.11 Å². The third kappa shape index (κ3) is 5.95. The first-order chi connectivity index (χ1) is 14.1. The third-order valence-electron chi connectivity index (χ3n) is 5.61. The Morgan fingerprint density at radius 1 is 1.03 bits per heavy atom. The van der Waals surface area contributed by atoms with Gasteiger partial charge in [-0.2, -0.15) is 0 Å². The van der Waals surface area contributed by atoms with Crippen LogP contribution in [0.2, 0.25) is 0 Å². The van der Waals surface area contributed by atoms with E-state index in [0.717, 1.165) is 49.7 Å². The normalized spacial score (nSPS) is 18.2. The van der Waals surface area contributed by atoms with Gasteiger partial charge in [0.1, 0.15) is 6.61 Å². The minimum Gasteiger partial charge on any atom is -0.493 e. The molecule has 0 aliphatic carbocycles. The SMILES string of the molecule is COc1cc(CN2CCN(C(C)C)[C@H](CCO)C2)ccc1OCc1ccccc1. The zero-order chi connectivity index (χ0) is 20.6. The molecule has 5 nitrogen and oxygen atoms in total. The second-order valence-corrected chi connectivity index (χ2v) is 7.99. The van der Waals surface area contributed by atoms with Gasteiger partial charge in [-0.3, -0.25) is 9.80 Å². The van der Waals surface area contributed by atoms with Crippen LogP contribution in [0.3, 0.4) is 0 Å². The number of piperazine rings is 1. The maximum absolute atomic E-state index is 9.45. The topological polar surface area (TPSA) is 45.2 Å². The summed E-state index contributed by atoms with van der Waals surface area (Å²) < 4.78 is 11.6. The van der Waals surface area contributed by atoms with Crippen molar-refractivity contribution in [2.24, 2.45) is 0 Å². The van der Waals surface area contributed by atoms with Crippen LogP contribution in [0.5, 0.6) is 11.5 Å². The fourth-order valence-electron chi connectivity index (χ4n) is 4.09. The molecular weight excluding hydrogens is 364 g/mol. The van der Waals surface area contributed by atoms with Crippen LogP contribution in [0.1, 0.15) is 31.4 Å². The summed E-state index contributed by atoms with van der Waals surface area (Å²) in [4.78, 5) is 4.98. The molecule has 0 saturated carbocycles. The molecule has 1 aliphatic rings. The van der Waals surface area contributed by atoms with E-state index in [1.165, 1.54) is 5.56 Å². The van der Waals surface area contributed by atoms with E-state index in [1.807, 2.05) is 24.3 Å². The molecular formula is C24H34N2O3. The lowest BCUT2D eigenvalue weighted by Crippen LogP contribution is -2.55. The summed E-state index contributed by atoms with van der Waals surface area (Å²) in [7, 11) is 1.69. The maximum atomic E-state index is 9.45. The van der Waals surface area contributed by atoms with Crippen LogP contribution in [0.4, 0.5) is 0 Å². The van der Waals surface area contributed by atoms with Gasteiger partial charge in [0.2, 0.25) is 0 Å². The Kier molecular flexibility index (Phi) is 7.92. The summed E-state index contributed by atoms with van der Waals surface area (Å²) >= 11 is 0. The van der Waals surface area contributed by atoms with E-state index in [9.17, 15) is 5.11 Å². The van der Waals surface area contributed by atoms with E-state index in [-0.39, 0.29) is 6.61 Å². The standard InChI is InChI=1S/C24H34N2O3/c1-19(2)26-13-12-25(17-22(26)11-14-27)16-21-9-10-23(24(15-21)28-3)29-18-20-7-5-4-6-8-20/h4-10,15,19,22,27H,11-14,16-18H2,1-3H3/t22-/m1/s1. The molecule has 1 saturated heterocycles. The molecule has 0 unspecified atom stereocenters. The highest BCUT2D eigenvalue weighted by Crippen LogP contribution is 2.30. The van der Waals surface area contributed by atoms with Gasteiger partial charge in [-0.05, 0) is 43.5 Å². The van der Waals surface area contributed by atoms with Crippen LogP contribution < -0.4 is 9.47 Å². The van der Waals surface area contributed by atoms with Gasteiger partial charge in [-0.15, -0.1) is 0 Å². The molecule has 0 amide bonds. The minimum absolute atomic E-state index is 0.239. The zero-order valence-electron chi connectivity index (χ0n) is 17.9. The molecule has 1 aliphatic heterocycles. The van der Waals surface area contributed by atoms with E-state index < -0.39 is 0 Å². The molecule has 1 N–H and O–H groups in total. The summed E-state index contributed by atoms with van der Waals surface area (Å²) in [6, 6.07) is 17.3. The van der Waals surface area contributed by atoms with Gasteiger partial charge >= 0.3 is 0 Å². The van der Waals surface area contributed by atoms with Crippen LogP contribution in [0, 0.1) is 0 Å². The largest absolute Gasteiger partial charge is 0.493 e. The third-order valence-corrected chi connectivity index (χ3v) is 5.61. The molecule has 1 atom stereocenters. The van der Waals surface area contributed by atoms with Gasteiger partial charge in [-0.25, -0.2) is 0 Å². The molecule has 1 fully saturated rings. The minimum atomic E-state index is 0.239. The Labute approximate surface area is 174 Å². The van der Waals surface area contributed by atoms with Gasteiger partial charge < -0.3 is 14.6 Å². The number of rotatable bonds is 9. The number of aliphatic hydroxyl groups excluding tert-OH is 1. The lowest BCUT2D eigenvalue weighted by atomic mass is 10.1. The number of nitrogens with zero attached hydrogens (tertiary/aromatic N) is 2. The Bertz CT molecular complexity index is 751. The number of benzene rings is 2. The Balaban J connectivity index is 1.62. The molecule has 158 valence electrons. The molecule has 0 aromatic heterocycles. The van der Waals surface area contributed by atoms with Gasteiger partial charge in [0.25, 0.3) is 0 Å². The highest BCUT2D eigenvalue weighted by atomic mass is 16.5. The summed E-state index contributed by atoms with van der Waals surface area (Å²) in [6.07, 6.45) is 0.824. The van der Waals surface area contributed by atoms with Gasteiger partial charge in [-0.1, -0.05) is 36.4 Å². The molecule has 29 heavy (non-hydrogen) atoms. The highest BCUT2D eigenvalue weighted by Gasteiger charge is 2.28. The quantitative estimate of drug-likeness (QED) is 0.700. The van der Waals surface area contributed by atoms with E-state index >= 15 is 0 Å². The van der Waals surface area contributed by atoms with Crippen LogP contribution in [-0.2, 0) is 13.2 Å². The second-order valence-electron chi connectivity index (χ2n) is 7.99. The van der Waals surface area contributed by atoms with Crippen molar-refractivity contribution in [2.45, 2.75) is 45.5 Å². The maximum Gasteiger partial charge on any atom is 0.161 e. The lowest BCUT2D eigenvalue weighted by molar-refractivity contribution is 0.0349. The fraction of sp³-hybridized carbons (Fsp3) is 0.500. The number of hydrogen-bond donors (Lipinski definition) is 1. The number of ether oxygens (including phenoxy) is 2.